The van der Waals surface area contributed by atoms with Gasteiger partial charge in [0.15, 0.2) is 0 Å². The summed E-state index contributed by atoms with van der Waals surface area (Å²) in [6.07, 6.45) is 3.95. The zero-order chi connectivity index (χ0) is 14.7. The van der Waals surface area contributed by atoms with Crippen molar-refractivity contribution in [3.05, 3.63) is 17.8 Å². The molecule has 0 radical (unpaired) electrons. The summed E-state index contributed by atoms with van der Waals surface area (Å²) in [7, 11) is 5.43. The van der Waals surface area contributed by atoms with E-state index in [2.05, 4.69) is 16.9 Å². The van der Waals surface area contributed by atoms with Crippen LogP contribution in [0.15, 0.2) is 12.3 Å². The maximum Gasteiger partial charge on any atom is 0.341 e. The van der Waals surface area contributed by atoms with Crippen LogP contribution in [-0.4, -0.2) is 56.2 Å². The summed E-state index contributed by atoms with van der Waals surface area (Å²) in [5, 5.41) is 0. The number of carbonyl (C=O) groups is 1. The lowest BCUT2D eigenvalue weighted by Gasteiger charge is -2.27. The van der Waals surface area contributed by atoms with Gasteiger partial charge in [-0.2, -0.15) is 0 Å². The van der Waals surface area contributed by atoms with Crippen molar-refractivity contribution in [3.8, 4) is 0 Å². The molecule has 1 saturated heterocycles. The fourth-order valence-electron chi connectivity index (χ4n) is 2.65. The molecule has 6 nitrogen and oxygen atoms in total. The number of esters is 1. The van der Waals surface area contributed by atoms with Gasteiger partial charge in [-0.1, -0.05) is 0 Å². The van der Waals surface area contributed by atoms with Crippen LogP contribution < -0.4 is 10.6 Å². The Morgan fingerprint density at radius 3 is 3.00 bits per heavy atom. The summed E-state index contributed by atoms with van der Waals surface area (Å²) >= 11 is 0. The fourth-order valence-corrected chi connectivity index (χ4v) is 2.65. The van der Waals surface area contributed by atoms with Crippen molar-refractivity contribution in [3.63, 3.8) is 0 Å². The van der Waals surface area contributed by atoms with Crippen molar-refractivity contribution < 1.29 is 9.53 Å². The Hall–Kier alpha value is -1.82. The van der Waals surface area contributed by atoms with Gasteiger partial charge in [-0.15, -0.1) is 0 Å². The quantitative estimate of drug-likeness (QED) is 0.828. The molecular formula is C14H22N4O2. The van der Waals surface area contributed by atoms with Gasteiger partial charge in [0.25, 0.3) is 0 Å². The second-order valence-corrected chi connectivity index (χ2v) is 5.29. The lowest BCUT2D eigenvalue weighted by Crippen LogP contribution is -2.37. The minimum Gasteiger partial charge on any atom is -0.465 e. The van der Waals surface area contributed by atoms with Crippen LogP contribution in [0.1, 0.15) is 23.2 Å². The zero-order valence-corrected chi connectivity index (χ0v) is 12.3. The predicted molar refractivity (Wildman–Crippen MR) is 78.9 cm³/mol. The second-order valence-electron chi connectivity index (χ2n) is 5.29. The highest BCUT2D eigenvalue weighted by atomic mass is 16.5. The van der Waals surface area contributed by atoms with Crippen LogP contribution in [0.4, 0.5) is 11.5 Å². The number of nitrogens with two attached hydrogens (primary N) is 1. The summed E-state index contributed by atoms with van der Waals surface area (Å²) in [5.74, 6) is 0.206. The molecule has 0 aliphatic carbocycles. The molecule has 2 heterocycles. The van der Waals surface area contributed by atoms with Crippen molar-refractivity contribution in [2.75, 3.05) is 44.9 Å². The van der Waals surface area contributed by atoms with Crippen molar-refractivity contribution in [2.45, 2.75) is 18.9 Å². The van der Waals surface area contributed by atoms with Crippen LogP contribution in [0.3, 0.4) is 0 Å². The van der Waals surface area contributed by atoms with E-state index in [0.29, 0.717) is 23.1 Å². The lowest BCUT2D eigenvalue weighted by molar-refractivity contribution is 0.0601. The smallest absolute Gasteiger partial charge is 0.341 e. The van der Waals surface area contributed by atoms with Crippen molar-refractivity contribution in [2.24, 2.45) is 0 Å². The third kappa shape index (κ3) is 3.01. The summed E-state index contributed by atoms with van der Waals surface area (Å²) in [4.78, 5) is 20.5. The van der Waals surface area contributed by atoms with Crippen LogP contribution in [-0.2, 0) is 4.74 Å². The average molecular weight is 278 g/mol. The first-order valence-electron chi connectivity index (χ1n) is 6.78. The van der Waals surface area contributed by atoms with Crippen molar-refractivity contribution >= 4 is 17.5 Å². The molecule has 1 aliphatic rings. The summed E-state index contributed by atoms with van der Waals surface area (Å²) in [6.45, 7) is 1.95. The SMILES string of the molecule is COC(=O)c1cc(N)cnc1N(C)CC1CCCN1C. The molecule has 0 bridgehead atoms. The normalized spacial score (nSPS) is 19.1. The summed E-state index contributed by atoms with van der Waals surface area (Å²) in [6, 6.07) is 2.10. The van der Waals surface area contributed by atoms with Gasteiger partial charge in [-0.3, -0.25) is 0 Å². The number of rotatable bonds is 4. The van der Waals surface area contributed by atoms with Gasteiger partial charge in [0.1, 0.15) is 11.4 Å². The van der Waals surface area contributed by atoms with Crippen LogP contribution in [0.2, 0.25) is 0 Å². The van der Waals surface area contributed by atoms with Gasteiger partial charge in [-0.05, 0) is 32.5 Å². The summed E-state index contributed by atoms with van der Waals surface area (Å²) < 4.78 is 4.80. The molecule has 2 N–H and O–H groups in total. The monoisotopic (exact) mass is 278 g/mol. The maximum absolute atomic E-state index is 11.8. The molecule has 6 heteroatoms. The highest BCUT2D eigenvalue weighted by Gasteiger charge is 2.24. The zero-order valence-electron chi connectivity index (χ0n) is 12.3. The minimum absolute atomic E-state index is 0.411. The lowest BCUT2D eigenvalue weighted by atomic mass is 10.2. The van der Waals surface area contributed by atoms with E-state index in [1.165, 1.54) is 20.0 Å². The first kappa shape index (κ1) is 14.6. The number of nitrogen functional groups attached to an aromatic ring is 1. The Balaban J connectivity index is 2.20. The van der Waals surface area contributed by atoms with E-state index >= 15 is 0 Å². The van der Waals surface area contributed by atoms with Crippen molar-refractivity contribution in [1.82, 2.24) is 9.88 Å². The molecular weight excluding hydrogens is 256 g/mol. The molecule has 0 spiro atoms. The first-order valence-corrected chi connectivity index (χ1v) is 6.78. The average Bonchev–Trinajstić information content (AvgIpc) is 2.83. The Morgan fingerprint density at radius 1 is 1.65 bits per heavy atom. The molecule has 20 heavy (non-hydrogen) atoms. The number of carbonyl (C=O) groups excluding carboxylic acids is 1. The number of hydrogen-bond acceptors (Lipinski definition) is 6. The van der Waals surface area contributed by atoms with E-state index in [-0.39, 0.29) is 0 Å². The molecule has 1 unspecified atom stereocenters. The minimum atomic E-state index is -0.411. The standard InChI is InChI=1S/C14H22N4O2/c1-17-6-4-5-11(17)9-18(2)13-12(14(19)20-3)7-10(15)8-16-13/h7-8,11H,4-6,9,15H2,1-3H3. The Labute approximate surface area is 119 Å². The molecule has 1 fully saturated rings. The van der Waals surface area contributed by atoms with E-state index < -0.39 is 5.97 Å². The van der Waals surface area contributed by atoms with E-state index in [4.69, 9.17) is 10.5 Å². The molecule has 110 valence electrons. The third-order valence-electron chi connectivity index (χ3n) is 3.81. The Bertz CT molecular complexity index is 492. The number of methoxy groups -OCH3 is 1. The highest BCUT2D eigenvalue weighted by Crippen LogP contribution is 2.22. The van der Waals surface area contributed by atoms with Gasteiger partial charge in [0.05, 0.1) is 19.0 Å². The van der Waals surface area contributed by atoms with Gasteiger partial charge in [-0.25, -0.2) is 9.78 Å². The number of aromatic nitrogens is 1. The molecule has 0 saturated carbocycles. The Morgan fingerprint density at radius 2 is 2.40 bits per heavy atom. The van der Waals surface area contributed by atoms with Crippen LogP contribution >= 0.6 is 0 Å². The van der Waals surface area contributed by atoms with Gasteiger partial charge in [0, 0.05) is 19.6 Å². The molecule has 1 aromatic heterocycles. The molecule has 1 aromatic rings. The van der Waals surface area contributed by atoms with Crippen LogP contribution in [0.5, 0.6) is 0 Å². The maximum atomic E-state index is 11.8. The number of ether oxygens (including phenoxy) is 1. The molecule has 0 aromatic carbocycles. The number of nitrogens with zero attached hydrogens (tertiary/aromatic N) is 3. The number of likely N-dealkylation sites (tertiary alicyclic amines) is 1. The molecule has 1 aliphatic heterocycles. The molecule has 2 rings (SSSR count). The van der Waals surface area contributed by atoms with E-state index in [1.54, 1.807) is 12.3 Å². The van der Waals surface area contributed by atoms with E-state index in [9.17, 15) is 4.79 Å². The number of hydrogen-bond donors (Lipinski definition) is 1. The van der Waals surface area contributed by atoms with E-state index in [0.717, 1.165) is 13.1 Å². The largest absolute Gasteiger partial charge is 0.465 e. The first-order chi connectivity index (χ1) is 9.52. The molecule has 0 amide bonds. The number of likely N-dealkylation sites (N-methyl/N-ethyl adjacent to an activating group) is 2. The van der Waals surface area contributed by atoms with Crippen LogP contribution in [0.25, 0.3) is 0 Å². The predicted octanol–water partition coefficient (Wildman–Crippen LogP) is 0.981. The second kappa shape index (κ2) is 6.09. The van der Waals surface area contributed by atoms with E-state index in [1.807, 2.05) is 11.9 Å². The fraction of sp³-hybridized carbons (Fsp3) is 0.571. The molecule has 1 atom stereocenters. The number of pyridine rings is 1. The van der Waals surface area contributed by atoms with Gasteiger partial charge >= 0.3 is 5.97 Å². The summed E-state index contributed by atoms with van der Waals surface area (Å²) in [5.41, 5.74) is 6.58. The number of anilines is 2. The highest BCUT2D eigenvalue weighted by molar-refractivity contribution is 5.95. The van der Waals surface area contributed by atoms with Crippen molar-refractivity contribution in [1.29, 1.82) is 0 Å². The third-order valence-corrected chi connectivity index (χ3v) is 3.81. The Kier molecular flexibility index (Phi) is 4.44. The van der Waals surface area contributed by atoms with Gasteiger partial charge < -0.3 is 20.3 Å². The van der Waals surface area contributed by atoms with Crippen LogP contribution in [0, 0.1) is 0 Å². The van der Waals surface area contributed by atoms with Gasteiger partial charge in [0.2, 0.25) is 0 Å². The topological polar surface area (TPSA) is 71.7 Å².